The Morgan fingerprint density at radius 2 is 0.648 bits per heavy atom. The Balaban J connectivity index is 4.31. The van der Waals surface area contributed by atoms with Crippen molar-refractivity contribution >= 4 is 17.9 Å². The summed E-state index contributed by atoms with van der Waals surface area (Å²) in [6, 6.07) is 0. The van der Waals surface area contributed by atoms with Crippen LogP contribution in [0.4, 0.5) is 0 Å². The number of esters is 3. The molecule has 0 N–H and O–H groups in total. The van der Waals surface area contributed by atoms with E-state index in [4.69, 9.17) is 14.2 Å². The van der Waals surface area contributed by atoms with Crippen LogP contribution in [0.15, 0.2) is 0 Å². The SMILES string of the molecule is CCCCCCCCCCCCCCC(=O)OC[C@H](COC(=O)CCCCCCCCCCCCC(C)CC)OC(=O)CCCCCCCCCCCC. The van der Waals surface area contributed by atoms with Gasteiger partial charge in [0.25, 0.3) is 0 Å². The zero-order valence-corrected chi connectivity index (χ0v) is 36.7. The minimum atomic E-state index is -0.759. The highest BCUT2D eigenvalue weighted by atomic mass is 16.6. The number of hydrogen-bond acceptors (Lipinski definition) is 6. The third kappa shape index (κ3) is 40.1. The lowest BCUT2D eigenvalue weighted by molar-refractivity contribution is -0.167. The normalized spacial score (nSPS) is 12.4. The minimum absolute atomic E-state index is 0.0635. The number of ether oxygens (including phenoxy) is 3. The van der Waals surface area contributed by atoms with Gasteiger partial charge in [0.15, 0.2) is 6.10 Å². The van der Waals surface area contributed by atoms with Crippen LogP contribution >= 0.6 is 0 Å². The van der Waals surface area contributed by atoms with E-state index in [1.165, 1.54) is 161 Å². The second-order valence-electron chi connectivity index (χ2n) is 16.6. The van der Waals surface area contributed by atoms with Crippen LogP contribution in [0.5, 0.6) is 0 Å². The fourth-order valence-electron chi connectivity index (χ4n) is 7.12. The van der Waals surface area contributed by atoms with Crippen molar-refractivity contribution in [3.05, 3.63) is 0 Å². The predicted octanol–water partition coefficient (Wildman–Crippen LogP) is 15.1. The first kappa shape index (κ1) is 52.4. The molecule has 320 valence electrons. The van der Waals surface area contributed by atoms with Gasteiger partial charge in [-0.15, -0.1) is 0 Å². The van der Waals surface area contributed by atoms with Gasteiger partial charge in [0.05, 0.1) is 0 Å². The van der Waals surface area contributed by atoms with Crippen LogP contribution in [-0.2, 0) is 28.6 Å². The lowest BCUT2D eigenvalue weighted by Gasteiger charge is -2.18. The fourth-order valence-corrected chi connectivity index (χ4v) is 7.12. The fraction of sp³-hybridized carbons (Fsp3) is 0.938. The van der Waals surface area contributed by atoms with Crippen molar-refractivity contribution in [1.82, 2.24) is 0 Å². The average molecular weight is 765 g/mol. The zero-order chi connectivity index (χ0) is 39.6. The van der Waals surface area contributed by atoms with Crippen LogP contribution in [0, 0.1) is 5.92 Å². The summed E-state index contributed by atoms with van der Waals surface area (Å²) in [6.45, 7) is 9.02. The predicted molar refractivity (Wildman–Crippen MR) is 229 cm³/mol. The van der Waals surface area contributed by atoms with E-state index in [-0.39, 0.29) is 31.1 Å². The van der Waals surface area contributed by atoms with Crippen molar-refractivity contribution in [2.45, 2.75) is 271 Å². The van der Waals surface area contributed by atoms with Gasteiger partial charge >= 0.3 is 17.9 Å². The molecule has 0 heterocycles. The smallest absolute Gasteiger partial charge is 0.306 e. The van der Waals surface area contributed by atoms with Gasteiger partial charge in [-0.3, -0.25) is 14.4 Å². The average Bonchev–Trinajstić information content (AvgIpc) is 3.17. The van der Waals surface area contributed by atoms with Gasteiger partial charge in [0, 0.05) is 19.3 Å². The van der Waals surface area contributed by atoms with Crippen molar-refractivity contribution in [2.75, 3.05) is 13.2 Å². The highest BCUT2D eigenvalue weighted by Gasteiger charge is 2.19. The standard InChI is InChI=1S/C48H92O6/c1-5-8-10-12-14-16-18-19-24-27-31-35-39-46(49)52-42-45(54-48(51)41-37-33-29-23-17-15-13-11-9-6-2)43-53-47(50)40-36-32-28-25-21-20-22-26-30-34-38-44(4)7-3/h44-45H,5-43H2,1-4H3/t44?,45-/m1/s1. The van der Waals surface area contributed by atoms with Crippen molar-refractivity contribution in [2.24, 2.45) is 5.92 Å². The molecule has 6 nitrogen and oxygen atoms in total. The van der Waals surface area contributed by atoms with Gasteiger partial charge in [-0.2, -0.15) is 0 Å². The molecule has 6 heteroatoms. The maximum atomic E-state index is 12.7. The molecular weight excluding hydrogens is 673 g/mol. The lowest BCUT2D eigenvalue weighted by Crippen LogP contribution is -2.30. The highest BCUT2D eigenvalue weighted by Crippen LogP contribution is 2.17. The molecule has 0 saturated heterocycles. The zero-order valence-electron chi connectivity index (χ0n) is 36.7. The van der Waals surface area contributed by atoms with Gasteiger partial charge < -0.3 is 14.2 Å². The van der Waals surface area contributed by atoms with E-state index in [9.17, 15) is 14.4 Å². The molecule has 0 rings (SSSR count). The second-order valence-corrected chi connectivity index (χ2v) is 16.6. The van der Waals surface area contributed by atoms with Crippen molar-refractivity contribution in [1.29, 1.82) is 0 Å². The molecule has 0 aromatic rings. The number of rotatable bonds is 43. The van der Waals surface area contributed by atoms with E-state index >= 15 is 0 Å². The first-order valence-electron chi connectivity index (χ1n) is 23.9. The molecule has 2 atom stereocenters. The summed E-state index contributed by atoms with van der Waals surface area (Å²) in [7, 11) is 0. The Hall–Kier alpha value is -1.59. The van der Waals surface area contributed by atoms with E-state index in [0.29, 0.717) is 19.3 Å². The quantitative estimate of drug-likeness (QED) is 0.0349. The molecule has 0 saturated carbocycles. The van der Waals surface area contributed by atoms with E-state index in [1.54, 1.807) is 0 Å². The van der Waals surface area contributed by atoms with Gasteiger partial charge in [0.1, 0.15) is 13.2 Å². The Morgan fingerprint density at radius 1 is 0.370 bits per heavy atom. The molecule has 0 amide bonds. The summed E-state index contributed by atoms with van der Waals surface area (Å²) in [6.07, 6.45) is 42.2. The van der Waals surface area contributed by atoms with Gasteiger partial charge in [-0.1, -0.05) is 227 Å². The van der Waals surface area contributed by atoms with Crippen molar-refractivity contribution in [3.8, 4) is 0 Å². The van der Waals surface area contributed by atoms with Crippen LogP contribution in [-0.4, -0.2) is 37.2 Å². The van der Waals surface area contributed by atoms with Crippen molar-refractivity contribution in [3.63, 3.8) is 0 Å². The molecule has 1 unspecified atom stereocenters. The Kier molecular flexibility index (Phi) is 41.3. The molecule has 0 bridgehead atoms. The van der Waals surface area contributed by atoms with E-state index in [0.717, 1.165) is 63.7 Å². The Bertz CT molecular complexity index is 813. The second kappa shape index (κ2) is 42.6. The number of hydrogen-bond donors (Lipinski definition) is 0. The largest absolute Gasteiger partial charge is 0.462 e. The summed E-state index contributed by atoms with van der Waals surface area (Å²) in [4.78, 5) is 37.7. The summed E-state index contributed by atoms with van der Waals surface area (Å²) in [5.41, 5.74) is 0. The molecule has 0 fully saturated rings. The number of unbranched alkanes of at least 4 members (excludes halogenated alkanes) is 29. The maximum Gasteiger partial charge on any atom is 0.306 e. The first-order valence-corrected chi connectivity index (χ1v) is 23.9. The molecule has 0 aliphatic rings. The van der Waals surface area contributed by atoms with E-state index < -0.39 is 6.10 Å². The van der Waals surface area contributed by atoms with Gasteiger partial charge in [-0.25, -0.2) is 0 Å². The molecule has 0 aromatic carbocycles. The van der Waals surface area contributed by atoms with E-state index in [2.05, 4.69) is 27.7 Å². The summed E-state index contributed by atoms with van der Waals surface area (Å²) in [5, 5.41) is 0. The van der Waals surface area contributed by atoms with Gasteiger partial charge in [-0.05, 0) is 25.2 Å². The summed E-state index contributed by atoms with van der Waals surface area (Å²) in [5.74, 6) is 0.0177. The maximum absolute atomic E-state index is 12.7. The van der Waals surface area contributed by atoms with E-state index in [1.807, 2.05) is 0 Å². The third-order valence-electron chi connectivity index (χ3n) is 11.2. The minimum Gasteiger partial charge on any atom is -0.462 e. The third-order valence-corrected chi connectivity index (χ3v) is 11.2. The monoisotopic (exact) mass is 765 g/mol. The van der Waals surface area contributed by atoms with Crippen LogP contribution in [0.1, 0.15) is 265 Å². The number of carbonyl (C=O) groups is 3. The molecular formula is C48H92O6. The Labute approximate surface area is 336 Å². The van der Waals surface area contributed by atoms with Gasteiger partial charge in [0.2, 0.25) is 0 Å². The first-order chi connectivity index (χ1) is 26.4. The summed E-state index contributed by atoms with van der Waals surface area (Å²) < 4.78 is 16.7. The molecule has 0 aliphatic heterocycles. The summed E-state index contributed by atoms with van der Waals surface area (Å²) >= 11 is 0. The molecule has 0 aliphatic carbocycles. The lowest BCUT2D eigenvalue weighted by atomic mass is 9.99. The Morgan fingerprint density at radius 3 is 0.963 bits per heavy atom. The molecule has 0 spiro atoms. The van der Waals surface area contributed by atoms with Crippen LogP contribution in [0.2, 0.25) is 0 Å². The molecule has 0 aromatic heterocycles. The highest BCUT2D eigenvalue weighted by molar-refractivity contribution is 5.71. The van der Waals surface area contributed by atoms with Crippen LogP contribution in [0.25, 0.3) is 0 Å². The van der Waals surface area contributed by atoms with Crippen LogP contribution in [0.3, 0.4) is 0 Å². The topological polar surface area (TPSA) is 78.9 Å². The number of carbonyl (C=O) groups excluding carboxylic acids is 3. The molecule has 54 heavy (non-hydrogen) atoms. The van der Waals surface area contributed by atoms with Crippen molar-refractivity contribution < 1.29 is 28.6 Å². The van der Waals surface area contributed by atoms with Crippen LogP contribution < -0.4 is 0 Å². The molecule has 0 radical (unpaired) electrons.